The molecule has 1 aromatic rings. The minimum Gasteiger partial charge on any atom is -0.465 e. The Kier molecular flexibility index (Phi) is 4.03. The van der Waals surface area contributed by atoms with Gasteiger partial charge in [-0.1, -0.05) is 20.8 Å². The van der Waals surface area contributed by atoms with Crippen LogP contribution in [0.25, 0.3) is 0 Å². The lowest BCUT2D eigenvalue weighted by Gasteiger charge is -2.00. The van der Waals surface area contributed by atoms with Crippen LogP contribution in [0.5, 0.6) is 0 Å². The zero-order valence-electron chi connectivity index (χ0n) is 8.76. The molecule has 1 N–H and O–H groups in total. The molecule has 1 rings (SSSR count). The zero-order chi connectivity index (χ0) is 9.68. The Morgan fingerprint density at radius 2 is 2.00 bits per heavy atom. The second-order valence-electron chi connectivity index (χ2n) is 3.75. The van der Waals surface area contributed by atoms with Crippen LogP contribution in [0, 0.1) is 5.92 Å². The van der Waals surface area contributed by atoms with Crippen molar-refractivity contribution in [2.75, 3.05) is 6.54 Å². The largest absolute Gasteiger partial charge is 0.465 e. The average Bonchev–Trinajstić information content (AvgIpc) is 2.48. The lowest BCUT2D eigenvalue weighted by atomic mass is 10.1. The first-order valence-electron chi connectivity index (χ1n) is 5.00. The van der Waals surface area contributed by atoms with Gasteiger partial charge in [-0.3, -0.25) is 0 Å². The lowest BCUT2D eigenvalue weighted by Crippen LogP contribution is -2.10. The quantitative estimate of drug-likeness (QED) is 0.755. The molecule has 0 aliphatic heterocycles. The van der Waals surface area contributed by atoms with Crippen LogP contribution in [-0.4, -0.2) is 6.54 Å². The number of nitrogens with one attached hydrogen (secondary N) is 1. The number of furan rings is 1. The predicted octanol–water partition coefficient (Wildman–Crippen LogP) is 2.59. The predicted molar refractivity (Wildman–Crippen MR) is 54.6 cm³/mol. The van der Waals surface area contributed by atoms with Crippen molar-refractivity contribution in [1.82, 2.24) is 5.32 Å². The molecule has 0 amide bonds. The summed E-state index contributed by atoms with van der Waals surface area (Å²) in [5.74, 6) is 2.80. The highest BCUT2D eigenvalue weighted by atomic mass is 16.3. The van der Waals surface area contributed by atoms with Gasteiger partial charge in [0.25, 0.3) is 0 Å². The van der Waals surface area contributed by atoms with Gasteiger partial charge in [0.2, 0.25) is 0 Å². The molecule has 0 bridgehead atoms. The molecule has 0 saturated carbocycles. The van der Waals surface area contributed by atoms with Crippen molar-refractivity contribution in [3.63, 3.8) is 0 Å². The van der Waals surface area contributed by atoms with E-state index in [1.807, 2.05) is 0 Å². The number of rotatable bonds is 5. The molecule has 1 aromatic heterocycles. The van der Waals surface area contributed by atoms with Crippen molar-refractivity contribution < 1.29 is 4.42 Å². The Morgan fingerprint density at radius 1 is 1.31 bits per heavy atom. The van der Waals surface area contributed by atoms with Crippen LogP contribution < -0.4 is 5.32 Å². The van der Waals surface area contributed by atoms with Gasteiger partial charge in [-0.05, 0) is 24.6 Å². The minimum absolute atomic E-state index is 0.665. The van der Waals surface area contributed by atoms with Crippen LogP contribution in [-0.2, 0) is 13.0 Å². The number of hydrogen-bond donors (Lipinski definition) is 1. The SMILES string of the molecule is CCNCc1ccc(CC(C)C)o1. The van der Waals surface area contributed by atoms with E-state index >= 15 is 0 Å². The smallest absolute Gasteiger partial charge is 0.117 e. The Morgan fingerprint density at radius 3 is 2.62 bits per heavy atom. The summed E-state index contributed by atoms with van der Waals surface area (Å²) in [6.07, 6.45) is 1.03. The summed E-state index contributed by atoms with van der Waals surface area (Å²) < 4.78 is 5.63. The fourth-order valence-electron chi connectivity index (χ4n) is 1.28. The molecule has 0 atom stereocenters. The Bertz CT molecular complexity index is 240. The van der Waals surface area contributed by atoms with Crippen molar-refractivity contribution >= 4 is 0 Å². The molecule has 0 saturated heterocycles. The highest BCUT2D eigenvalue weighted by Gasteiger charge is 2.03. The van der Waals surface area contributed by atoms with E-state index in [2.05, 4.69) is 38.2 Å². The van der Waals surface area contributed by atoms with Gasteiger partial charge in [0, 0.05) is 6.42 Å². The molecule has 0 aliphatic rings. The topological polar surface area (TPSA) is 25.2 Å². The third-order valence-electron chi connectivity index (χ3n) is 1.88. The van der Waals surface area contributed by atoms with Crippen molar-refractivity contribution in [1.29, 1.82) is 0 Å². The first-order valence-corrected chi connectivity index (χ1v) is 5.00. The normalized spacial score (nSPS) is 11.1. The Labute approximate surface area is 80.3 Å². The molecular formula is C11H19NO. The van der Waals surface area contributed by atoms with Gasteiger partial charge in [0.1, 0.15) is 11.5 Å². The summed E-state index contributed by atoms with van der Waals surface area (Å²) in [4.78, 5) is 0. The van der Waals surface area contributed by atoms with E-state index in [1.165, 1.54) is 0 Å². The van der Waals surface area contributed by atoms with Crippen LogP contribution in [0.15, 0.2) is 16.5 Å². The van der Waals surface area contributed by atoms with Crippen molar-refractivity contribution in [3.05, 3.63) is 23.7 Å². The molecule has 74 valence electrons. The van der Waals surface area contributed by atoms with E-state index in [9.17, 15) is 0 Å². The molecule has 1 heterocycles. The van der Waals surface area contributed by atoms with E-state index in [0.717, 1.165) is 31.0 Å². The lowest BCUT2D eigenvalue weighted by molar-refractivity contribution is 0.428. The molecular weight excluding hydrogens is 162 g/mol. The van der Waals surface area contributed by atoms with Crippen LogP contribution in [0.4, 0.5) is 0 Å². The fraction of sp³-hybridized carbons (Fsp3) is 0.636. The zero-order valence-corrected chi connectivity index (χ0v) is 8.76. The molecule has 0 unspecified atom stereocenters. The van der Waals surface area contributed by atoms with E-state index in [-0.39, 0.29) is 0 Å². The molecule has 2 nitrogen and oxygen atoms in total. The third kappa shape index (κ3) is 3.64. The average molecular weight is 181 g/mol. The van der Waals surface area contributed by atoms with Crippen molar-refractivity contribution in [2.45, 2.75) is 33.7 Å². The fourth-order valence-corrected chi connectivity index (χ4v) is 1.28. The summed E-state index contributed by atoms with van der Waals surface area (Å²) in [7, 11) is 0. The molecule has 0 spiro atoms. The summed E-state index contributed by atoms with van der Waals surface area (Å²) in [6, 6.07) is 4.13. The second kappa shape index (κ2) is 5.07. The van der Waals surface area contributed by atoms with Crippen LogP contribution in [0.2, 0.25) is 0 Å². The molecule has 0 fully saturated rings. The van der Waals surface area contributed by atoms with Gasteiger partial charge >= 0.3 is 0 Å². The second-order valence-corrected chi connectivity index (χ2v) is 3.75. The molecule has 2 heteroatoms. The summed E-state index contributed by atoms with van der Waals surface area (Å²) in [5.41, 5.74) is 0. The maximum absolute atomic E-state index is 5.63. The molecule has 0 aromatic carbocycles. The standard InChI is InChI=1S/C11H19NO/c1-4-12-8-11-6-5-10(13-11)7-9(2)3/h5-6,9,12H,4,7-8H2,1-3H3. The Balaban J connectivity index is 2.44. The van der Waals surface area contributed by atoms with Gasteiger partial charge in [-0.25, -0.2) is 0 Å². The van der Waals surface area contributed by atoms with Crippen LogP contribution in [0.1, 0.15) is 32.3 Å². The summed E-state index contributed by atoms with van der Waals surface area (Å²) in [5, 5.41) is 3.24. The van der Waals surface area contributed by atoms with Gasteiger partial charge < -0.3 is 9.73 Å². The first-order chi connectivity index (χ1) is 6.22. The van der Waals surface area contributed by atoms with E-state index in [0.29, 0.717) is 5.92 Å². The summed E-state index contributed by atoms with van der Waals surface area (Å²) in [6.45, 7) is 8.33. The molecule has 13 heavy (non-hydrogen) atoms. The van der Waals surface area contributed by atoms with E-state index in [1.54, 1.807) is 0 Å². The van der Waals surface area contributed by atoms with Gasteiger partial charge in [-0.2, -0.15) is 0 Å². The highest BCUT2D eigenvalue weighted by molar-refractivity contribution is 5.07. The summed E-state index contributed by atoms with van der Waals surface area (Å²) >= 11 is 0. The van der Waals surface area contributed by atoms with Crippen molar-refractivity contribution in [2.24, 2.45) is 5.92 Å². The van der Waals surface area contributed by atoms with Crippen LogP contribution >= 0.6 is 0 Å². The van der Waals surface area contributed by atoms with Gasteiger partial charge in [0.15, 0.2) is 0 Å². The highest BCUT2D eigenvalue weighted by Crippen LogP contribution is 2.12. The number of hydrogen-bond acceptors (Lipinski definition) is 2. The van der Waals surface area contributed by atoms with Gasteiger partial charge in [-0.15, -0.1) is 0 Å². The first kappa shape index (κ1) is 10.3. The third-order valence-corrected chi connectivity index (χ3v) is 1.88. The molecule has 0 radical (unpaired) electrons. The minimum atomic E-state index is 0.665. The molecule has 0 aliphatic carbocycles. The van der Waals surface area contributed by atoms with Gasteiger partial charge in [0.05, 0.1) is 6.54 Å². The van der Waals surface area contributed by atoms with Crippen molar-refractivity contribution in [3.8, 4) is 0 Å². The Hall–Kier alpha value is -0.760. The monoisotopic (exact) mass is 181 g/mol. The maximum atomic E-state index is 5.63. The van der Waals surface area contributed by atoms with E-state index < -0.39 is 0 Å². The van der Waals surface area contributed by atoms with Crippen LogP contribution in [0.3, 0.4) is 0 Å². The van der Waals surface area contributed by atoms with E-state index in [4.69, 9.17) is 4.42 Å². The maximum Gasteiger partial charge on any atom is 0.117 e.